The Morgan fingerprint density at radius 3 is 2.46 bits per heavy atom. The number of anilines is 1. The summed E-state index contributed by atoms with van der Waals surface area (Å²) in [5, 5.41) is 8.19. The monoisotopic (exact) mass is 359 g/mol. The molecule has 0 saturated heterocycles. The molecular formula is C14H16F3N5OS. The third kappa shape index (κ3) is 4.19. The van der Waals surface area contributed by atoms with Gasteiger partial charge in [0, 0.05) is 5.69 Å². The first-order chi connectivity index (χ1) is 11.2. The van der Waals surface area contributed by atoms with E-state index in [2.05, 4.69) is 15.5 Å². The molecule has 3 N–H and O–H groups in total. The number of amides is 1. The van der Waals surface area contributed by atoms with E-state index in [9.17, 15) is 18.0 Å². The molecule has 1 heterocycles. The summed E-state index contributed by atoms with van der Waals surface area (Å²) in [5.41, 5.74) is 1.74. The van der Waals surface area contributed by atoms with Gasteiger partial charge in [-0.3, -0.25) is 4.79 Å². The van der Waals surface area contributed by atoms with Crippen LogP contribution in [0.1, 0.15) is 25.2 Å². The van der Waals surface area contributed by atoms with Gasteiger partial charge in [0.15, 0.2) is 0 Å². The quantitative estimate of drug-likeness (QED) is 0.633. The van der Waals surface area contributed by atoms with Crippen LogP contribution < -0.4 is 11.2 Å². The van der Waals surface area contributed by atoms with Crippen molar-refractivity contribution in [3.8, 4) is 0 Å². The zero-order valence-electron chi connectivity index (χ0n) is 13.0. The Morgan fingerprint density at radius 2 is 1.96 bits per heavy atom. The van der Waals surface area contributed by atoms with E-state index in [0.29, 0.717) is 10.4 Å². The molecule has 1 aromatic heterocycles. The average molecular weight is 359 g/mol. The van der Waals surface area contributed by atoms with Gasteiger partial charge in [-0.05, 0) is 31.0 Å². The van der Waals surface area contributed by atoms with Gasteiger partial charge in [-0.15, -0.1) is 10.2 Å². The fraction of sp³-hybridized carbons (Fsp3) is 0.357. The van der Waals surface area contributed by atoms with E-state index in [1.807, 2.05) is 19.1 Å². The van der Waals surface area contributed by atoms with Gasteiger partial charge in [-0.25, -0.2) is 4.68 Å². The second-order valence-corrected chi connectivity index (χ2v) is 6.28. The van der Waals surface area contributed by atoms with Crippen molar-refractivity contribution in [2.24, 2.45) is 0 Å². The predicted molar refractivity (Wildman–Crippen MR) is 84.9 cm³/mol. The molecule has 1 amide bonds. The Kier molecular flexibility index (Phi) is 5.37. The van der Waals surface area contributed by atoms with Crippen LogP contribution in [0.4, 0.5) is 18.9 Å². The smallest absolute Gasteiger partial charge is 0.335 e. The second kappa shape index (κ2) is 7.12. The number of alkyl halides is 3. The van der Waals surface area contributed by atoms with Gasteiger partial charge < -0.3 is 11.2 Å². The maximum Gasteiger partial charge on any atom is 0.453 e. The highest BCUT2D eigenvalue weighted by Crippen LogP contribution is 2.30. The van der Waals surface area contributed by atoms with Crippen LogP contribution in [0, 0.1) is 0 Å². The molecule has 1 aromatic carbocycles. The van der Waals surface area contributed by atoms with E-state index in [0.717, 1.165) is 23.7 Å². The molecular weight excluding hydrogens is 343 g/mol. The molecule has 24 heavy (non-hydrogen) atoms. The summed E-state index contributed by atoms with van der Waals surface area (Å²) in [6.45, 7) is 3.56. The Labute approximate surface area is 140 Å². The molecule has 10 heteroatoms. The fourth-order valence-electron chi connectivity index (χ4n) is 1.83. The van der Waals surface area contributed by atoms with Crippen molar-refractivity contribution in [3.63, 3.8) is 0 Å². The number of nitrogens with zero attached hydrogens (tertiary/aromatic N) is 3. The van der Waals surface area contributed by atoms with Crippen molar-refractivity contribution in [1.29, 1.82) is 0 Å². The highest BCUT2D eigenvalue weighted by Gasteiger charge is 2.38. The van der Waals surface area contributed by atoms with E-state index < -0.39 is 17.3 Å². The molecule has 0 bridgehead atoms. The number of rotatable bonds is 5. The number of carbonyl (C=O) groups excluding carboxylic acids is 1. The normalized spacial score (nSPS) is 12.9. The Bertz CT molecular complexity index is 714. The van der Waals surface area contributed by atoms with Gasteiger partial charge in [0.1, 0.15) is 0 Å². The SMILES string of the molecule is CCc1ccc(NC(=O)[C@H](C)Sc2nnc(C(F)(F)F)n2N)cc1. The molecule has 0 radical (unpaired) electrons. The van der Waals surface area contributed by atoms with Crippen molar-refractivity contribution in [2.45, 2.75) is 36.9 Å². The summed E-state index contributed by atoms with van der Waals surface area (Å²) < 4.78 is 38.2. The Balaban J connectivity index is 2.02. The minimum Gasteiger partial charge on any atom is -0.335 e. The largest absolute Gasteiger partial charge is 0.453 e. The van der Waals surface area contributed by atoms with Crippen molar-refractivity contribution in [3.05, 3.63) is 35.7 Å². The van der Waals surface area contributed by atoms with Gasteiger partial charge >= 0.3 is 6.18 Å². The van der Waals surface area contributed by atoms with Crippen LogP contribution in [0.3, 0.4) is 0 Å². The first-order valence-electron chi connectivity index (χ1n) is 7.06. The maximum absolute atomic E-state index is 12.6. The van der Waals surface area contributed by atoms with E-state index >= 15 is 0 Å². The lowest BCUT2D eigenvalue weighted by Gasteiger charge is -2.12. The van der Waals surface area contributed by atoms with E-state index in [1.165, 1.54) is 0 Å². The second-order valence-electron chi connectivity index (χ2n) is 4.97. The van der Waals surface area contributed by atoms with Crippen molar-refractivity contribution in [2.75, 3.05) is 11.2 Å². The molecule has 0 aliphatic carbocycles. The molecule has 0 saturated carbocycles. The number of hydrogen-bond acceptors (Lipinski definition) is 5. The first kappa shape index (κ1) is 18.1. The number of carbonyl (C=O) groups is 1. The number of nitrogens with one attached hydrogen (secondary N) is 1. The van der Waals surface area contributed by atoms with Crippen LogP contribution in [0.15, 0.2) is 29.4 Å². The van der Waals surface area contributed by atoms with Gasteiger partial charge in [0.25, 0.3) is 5.82 Å². The average Bonchev–Trinajstić information content (AvgIpc) is 2.89. The maximum atomic E-state index is 12.6. The van der Waals surface area contributed by atoms with Crippen molar-refractivity contribution in [1.82, 2.24) is 14.9 Å². The molecule has 2 aromatic rings. The van der Waals surface area contributed by atoms with Crippen molar-refractivity contribution < 1.29 is 18.0 Å². The summed E-state index contributed by atoms with van der Waals surface area (Å²) in [6, 6.07) is 7.31. The van der Waals surface area contributed by atoms with E-state index in [1.54, 1.807) is 19.1 Å². The number of hydrogen-bond donors (Lipinski definition) is 2. The summed E-state index contributed by atoms with van der Waals surface area (Å²) in [4.78, 5) is 12.1. The van der Waals surface area contributed by atoms with Gasteiger partial charge in [-0.2, -0.15) is 13.2 Å². The number of aromatic nitrogens is 3. The van der Waals surface area contributed by atoms with Gasteiger partial charge in [0.2, 0.25) is 11.1 Å². The lowest BCUT2D eigenvalue weighted by atomic mass is 10.1. The number of nitrogen functional groups attached to an aromatic ring is 1. The molecule has 0 spiro atoms. The summed E-state index contributed by atoms with van der Waals surface area (Å²) in [5.74, 6) is 3.66. The molecule has 0 aliphatic heterocycles. The zero-order valence-corrected chi connectivity index (χ0v) is 13.8. The summed E-state index contributed by atoms with van der Waals surface area (Å²) in [7, 11) is 0. The number of halogens is 3. The molecule has 0 fully saturated rings. The van der Waals surface area contributed by atoms with Crippen LogP contribution in [-0.4, -0.2) is 26.0 Å². The minimum absolute atomic E-state index is 0.189. The van der Waals surface area contributed by atoms with Crippen LogP contribution in [0.2, 0.25) is 0 Å². The standard InChI is InChI=1S/C14H16F3N5OS/c1-3-9-4-6-10(7-5-9)19-11(23)8(2)24-13-21-20-12(22(13)18)14(15,16)17/h4-8H,3,18H2,1-2H3,(H,19,23)/t8-/m0/s1. The molecule has 0 aliphatic rings. The first-order valence-corrected chi connectivity index (χ1v) is 7.94. The highest BCUT2D eigenvalue weighted by atomic mass is 32.2. The number of nitrogens with two attached hydrogens (primary N) is 1. The van der Waals surface area contributed by atoms with E-state index in [4.69, 9.17) is 5.84 Å². The van der Waals surface area contributed by atoms with E-state index in [-0.39, 0.29) is 11.1 Å². The Hall–Kier alpha value is -2.23. The van der Waals surface area contributed by atoms with Gasteiger partial charge in [-0.1, -0.05) is 30.8 Å². The lowest BCUT2D eigenvalue weighted by molar-refractivity contribution is -0.146. The Morgan fingerprint density at radius 1 is 1.33 bits per heavy atom. The molecule has 130 valence electrons. The van der Waals surface area contributed by atoms with Crippen LogP contribution in [0.5, 0.6) is 0 Å². The van der Waals surface area contributed by atoms with Crippen LogP contribution in [0.25, 0.3) is 0 Å². The molecule has 0 unspecified atom stereocenters. The fourth-order valence-corrected chi connectivity index (χ4v) is 2.60. The summed E-state index contributed by atoms with van der Waals surface area (Å²) in [6.07, 6.45) is -3.82. The number of thioether (sulfide) groups is 1. The molecule has 2 rings (SSSR count). The third-order valence-electron chi connectivity index (χ3n) is 3.20. The minimum atomic E-state index is -4.70. The molecule has 6 nitrogen and oxygen atoms in total. The zero-order chi connectivity index (χ0) is 17.9. The number of benzene rings is 1. The van der Waals surface area contributed by atoms with Gasteiger partial charge in [0.05, 0.1) is 5.25 Å². The number of aryl methyl sites for hydroxylation is 1. The third-order valence-corrected chi connectivity index (χ3v) is 4.26. The van der Waals surface area contributed by atoms with Crippen LogP contribution >= 0.6 is 11.8 Å². The topological polar surface area (TPSA) is 85.8 Å². The summed E-state index contributed by atoms with van der Waals surface area (Å²) >= 11 is 0.794. The van der Waals surface area contributed by atoms with Crippen LogP contribution in [-0.2, 0) is 17.4 Å². The lowest BCUT2D eigenvalue weighted by Crippen LogP contribution is -2.25. The highest BCUT2D eigenvalue weighted by molar-refractivity contribution is 8.00. The predicted octanol–water partition coefficient (Wildman–Crippen LogP) is 2.69. The van der Waals surface area contributed by atoms with Crippen molar-refractivity contribution >= 4 is 23.4 Å². The molecule has 1 atom stereocenters.